The summed E-state index contributed by atoms with van der Waals surface area (Å²) in [6.45, 7) is 7.76. The van der Waals surface area contributed by atoms with Gasteiger partial charge < -0.3 is 29.0 Å². The van der Waals surface area contributed by atoms with E-state index in [4.69, 9.17) is 18.9 Å². The topological polar surface area (TPSA) is 94.5 Å². The maximum atomic E-state index is 13.4. The van der Waals surface area contributed by atoms with E-state index in [2.05, 4.69) is 6.92 Å². The number of unbranched alkanes of at least 4 members (excludes halogenated alkanes) is 2. The highest BCUT2D eigenvalue weighted by Crippen LogP contribution is 2.43. The Morgan fingerprint density at radius 3 is 2.59 bits per heavy atom. The molecule has 2 atom stereocenters. The summed E-state index contributed by atoms with van der Waals surface area (Å²) in [5.74, 6) is 0.365. The standard InChI is InChI=1S/C31H39NO7/c1-5-7-8-16-38-25-13-10-21(19-26(25)37-6-2)28-27(30(34)31(35)32(28)14-9-15-36-4)29(33)22-11-12-24-23(18-22)17-20(3)39-24/h10-13,18-20,28,33H,5-9,14-17H2,1-4H3/b29-27+. The zero-order valence-electron chi connectivity index (χ0n) is 23.3. The van der Waals surface area contributed by atoms with E-state index in [1.54, 1.807) is 19.2 Å². The molecule has 0 saturated carbocycles. The van der Waals surface area contributed by atoms with E-state index in [-0.39, 0.29) is 17.4 Å². The maximum absolute atomic E-state index is 13.4. The van der Waals surface area contributed by atoms with Gasteiger partial charge in [-0.05, 0) is 68.1 Å². The van der Waals surface area contributed by atoms with Crippen LogP contribution in [-0.4, -0.2) is 61.3 Å². The van der Waals surface area contributed by atoms with Crippen LogP contribution < -0.4 is 14.2 Å². The molecule has 0 aliphatic carbocycles. The number of benzene rings is 2. The van der Waals surface area contributed by atoms with Crippen molar-refractivity contribution in [3.8, 4) is 17.2 Å². The maximum Gasteiger partial charge on any atom is 0.295 e. The van der Waals surface area contributed by atoms with Crippen molar-refractivity contribution >= 4 is 17.4 Å². The van der Waals surface area contributed by atoms with Crippen LogP contribution in [0.25, 0.3) is 5.76 Å². The van der Waals surface area contributed by atoms with E-state index in [0.29, 0.717) is 61.8 Å². The molecule has 8 nitrogen and oxygen atoms in total. The summed E-state index contributed by atoms with van der Waals surface area (Å²) in [6, 6.07) is 10.0. The summed E-state index contributed by atoms with van der Waals surface area (Å²) in [5.41, 5.74) is 2.16. The average Bonchev–Trinajstić information content (AvgIpc) is 3.42. The van der Waals surface area contributed by atoms with Gasteiger partial charge >= 0.3 is 0 Å². The number of carbonyl (C=O) groups is 2. The van der Waals surface area contributed by atoms with Gasteiger partial charge in [0.15, 0.2) is 11.5 Å². The van der Waals surface area contributed by atoms with E-state index in [1.165, 1.54) is 4.90 Å². The third-order valence-electron chi connectivity index (χ3n) is 7.05. The Morgan fingerprint density at radius 1 is 1.03 bits per heavy atom. The molecule has 0 spiro atoms. The Labute approximate surface area is 230 Å². The second kappa shape index (κ2) is 13.0. The second-order valence-corrected chi connectivity index (χ2v) is 9.99. The SMILES string of the molecule is CCCCCOc1ccc(C2/C(=C(\O)c3ccc4c(c3)CC(C)O4)C(=O)C(=O)N2CCCOC)cc1OCC. The fourth-order valence-corrected chi connectivity index (χ4v) is 5.18. The molecule has 2 unspecified atom stereocenters. The number of hydrogen-bond acceptors (Lipinski definition) is 7. The summed E-state index contributed by atoms with van der Waals surface area (Å²) < 4.78 is 22.9. The van der Waals surface area contributed by atoms with E-state index in [1.807, 2.05) is 38.1 Å². The first-order valence-electron chi connectivity index (χ1n) is 13.9. The fourth-order valence-electron chi connectivity index (χ4n) is 5.18. The molecule has 0 radical (unpaired) electrons. The number of amides is 1. The number of methoxy groups -OCH3 is 1. The van der Waals surface area contributed by atoms with Gasteiger partial charge in [0.1, 0.15) is 17.6 Å². The van der Waals surface area contributed by atoms with Gasteiger partial charge in [-0.1, -0.05) is 25.8 Å². The highest BCUT2D eigenvalue weighted by molar-refractivity contribution is 6.46. The number of ketones is 1. The average molecular weight is 538 g/mol. The van der Waals surface area contributed by atoms with Crippen LogP contribution in [0, 0.1) is 0 Å². The van der Waals surface area contributed by atoms with Crippen LogP contribution in [0.4, 0.5) is 0 Å². The Morgan fingerprint density at radius 2 is 1.85 bits per heavy atom. The minimum Gasteiger partial charge on any atom is -0.507 e. The van der Waals surface area contributed by atoms with E-state index in [9.17, 15) is 14.7 Å². The molecule has 2 aliphatic rings. The number of likely N-dealkylation sites (tertiary alicyclic amines) is 1. The molecule has 2 heterocycles. The molecule has 2 aromatic carbocycles. The minimum atomic E-state index is -0.779. The van der Waals surface area contributed by atoms with Crippen molar-refractivity contribution in [3.05, 3.63) is 58.7 Å². The molecule has 2 aromatic rings. The second-order valence-electron chi connectivity index (χ2n) is 9.99. The van der Waals surface area contributed by atoms with Crippen LogP contribution in [0.3, 0.4) is 0 Å². The van der Waals surface area contributed by atoms with Gasteiger partial charge in [0.2, 0.25) is 0 Å². The molecular formula is C31H39NO7. The molecule has 2 aliphatic heterocycles. The van der Waals surface area contributed by atoms with E-state index >= 15 is 0 Å². The largest absolute Gasteiger partial charge is 0.507 e. The summed E-state index contributed by atoms with van der Waals surface area (Å²) >= 11 is 0. The number of fused-ring (bicyclic) bond motifs is 1. The van der Waals surface area contributed by atoms with Gasteiger partial charge in [0.05, 0.1) is 24.8 Å². The van der Waals surface area contributed by atoms with Gasteiger partial charge in [-0.25, -0.2) is 0 Å². The molecule has 8 heteroatoms. The zero-order valence-corrected chi connectivity index (χ0v) is 23.3. The summed E-state index contributed by atoms with van der Waals surface area (Å²) in [4.78, 5) is 28.2. The molecule has 39 heavy (non-hydrogen) atoms. The van der Waals surface area contributed by atoms with Crippen LogP contribution in [0.5, 0.6) is 17.2 Å². The lowest BCUT2D eigenvalue weighted by atomic mass is 9.94. The number of nitrogens with zero attached hydrogens (tertiary/aromatic N) is 1. The van der Waals surface area contributed by atoms with Crippen molar-refractivity contribution in [1.82, 2.24) is 4.90 Å². The monoisotopic (exact) mass is 537 g/mol. The van der Waals surface area contributed by atoms with Crippen LogP contribution in [-0.2, 0) is 20.7 Å². The third-order valence-corrected chi connectivity index (χ3v) is 7.05. The van der Waals surface area contributed by atoms with Gasteiger partial charge in [-0.15, -0.1) is 0 Å². The molecule has 0 aromatic heterocycles. The van der Waals surface area contributed by atoms with Crippen molar-refractivity contribution in [3.63, 3.8) is 0 Å². The Kier molecular flexibility index (Phi) is 9.51. The van der Waals surface area contributed by atoms with Crippen LogP contribution in [0.15, 0.2) is 42.0 Å². The van der Waals surface area contributed by atoms with Crippen molar-refractivity contribution < 1.29 is 33.6 Å². The summed E-state index contributed by atoms with van der Waals surface area (Å²) in [7, 11) is 1.59. The Hall–Kier alpha value is -3.52. The molecule has 0 bridgehead atoms. The van der Waals surface area contributed by atoms with Crippen molar-refractivity contribution in [2.45, 2.75) is 65.0 Å². The predicted molar refractivity (Wildman–Crippen MR) is 148 cm³/mol. The van der Waals surface area contributed by atoms with Crippen molar-refractivity contribution in [2.24, 2.45) is 0 Å². The molecule has 1 saturated heterocycles. The van der Waals surface area contributed by atoms with Gasteiger partial charge in [-0.2, -0.15) is 0 Å². The summed E-state index contributed by atoms with van der Waals surface area (Å²) in [5, 5.41) is 11.5. The van der Waals surface area contributed by atoms with Crippen LogP contribution in [0.2, 0.25) is 0 Å². The third kappa shape index (κ3) is 6.22. The lowest BCUT2D eigenvalue weighted by Crippen LogP contribution is -2.31. The quantitative estimate of drug-likeness (QED) is 0.157. The van der Waals surface area contributed by atoms with E-state index in [0.717, 1.165) is 30.6 Å². The first-order valence-corrected chi connectivity index (χ1v) is 13.9. The molecular weight excluding hydrogens is 498 g/mol. The Balaban J connectivity index is 1.76. The van der Waals surface area contributed by atoms with E-state index < -0.39 is 17.7 Å². The minimum absolute atomic E-state index is 0.0449. The number of aliphatic hydroxyl groups excluding tert-OH is 1. The first-order chi connectivity index (χ1) is 18.9. The highest BCUT2D eigenvalue weighted by Gasteiger charge is 2.46. The molecule has 4 rings (SSSR count). The molecule has 1 amide bonds. The number of ether oxygens (including phenoxy) is 4. The number of Topliss-reactive ketones (excluding diaryl/α,β-unsaturated/α-hetero) is 1. The van der Waals surface area contributed by atoms with Gasteiger partial charge in [0, 0.05) is 32.2 Å². The lowest BCUT2D eigenvalue weighted by Gasteiger charge is -2.26. The number of hydrogen-bond donors (Lipinski definition) is 1. The smallest absolute Gasteiger partial charge is 0.295 e. The first kappa shape index (κ1) is 28.5. The zero-order chi connectivity index (χ0) is 27.9. The van der Waals surface area contributed by atoms with Crippen LogP contribution in [0.1, 0.15) is 69.2 Å². The van der Waals surface area contributed by atoms with Crippen molar-refractivity contribution in [1.29, 1.82) is 0 Å². The lowest BCUT2D eigenvalue weighted by molar-refractivity contribution is -0.140. The van der Waals surface area contributed by atoms with Crippen molar-refractivity contribution in [2.75, 3.05) is 33.5 Å². The van der Waals surface area contributed by atoms with Crippen LogP contribution >= 0.6 is 0 Å². The van der Waals surface area contributed by atoms with Gasteiger partial charge in [-0.3, -0.25) is 9.59 Å². The van der Waals surface area contributed by atoms with Gasteiger partial charge in [0.25, 0.3) is 11.7 Å². The summed E-state index contributed by atoms with van der Waals surface area (Å²) in [6.07, 6.45) is 4.41. The molecule has 1 N–H and O–H groups in total. The molecule has 210 valence electrons. The number of rotatable bonds is 13. The molecule has 1 fully saturated rings. The Bertz CT molecular complexity index is 1220. The number of aliphatic hydroxyl groups is 1. The fraction of sp³-hybridized carbons (Fsp3) is 0.484. The predicted octanol–water partition coefficient (Wildman–Crippen LogP) is 5.44. The highest BCUT2D eigenvalue weighted by atomic mass is 16.5. The number of carbonyl (C=O) groups excluding carboxylic acids is 2. The normalized spacial score (nSPS) is 19.7.